The summed E-state index contributed by atoms with van der Waals surface area (Å²) < 4.78 is 0. The monoisotopic (exact) mass is 206 g/mol. The van der Waals surface area contributed by atoms with E-state index in [0.717, 1.165) is 5.56 Å². The number of carbonyl (C=O) groups excluding carboxylic acids is 2. The fourth-order valence-electron chi connectivity index (χ4n) is 1.40. The molecule has 1 atom stereocenters. The summed E-state index contributed by atoms with van der Waals surface area (Å²) in [6, 6.07) is 6.87. The number of benzene rings is 1. The molecule has 4 heteroatoms. The third-order valence-electron chi connectivity index (χ3n) is 2.27. The van der Waals surface area contributed by atoms with Crippen LogP contribution in [0.2, 0.25) is 0 Å². The largest absolute Gasteiger partial charge is 0.370 e. The molecule has 0 radical (unpaired) electrons. The van der Waals surface area contributed by atoms with Gasteiger partial charge in [0.15, 0.2) is 0 Å². The van der Waals surface area contributed by atoms with Crippen LogP contribution in [-0.4, -0.2) is 11.8 Å². The maximum atomic E-state index is 10.8. The average molecular weight is 206 g/mol. The van der Waals surface area contributed by atoms with E-state index in [0.29, 0.717) is 12.0 Å². The molecule has 1 aromatic carbocycles. The average Bonchev–Trinajstić information content (AvgIpc) is 2.17. The Morgan fingerprint density at radius 1 is 1.20 bits per heavy atom. The third-order valence-corrected chi connectivity index (χ3v) is 2.27. The minimum atomic E-state index is -0.455. The SMILES string of the molecule is CC(CC(N)=O)c1ccc(C(N)=O)cc1. The minimum absolute atomic E-state index is 0.0597. The Morgan fingerprint density at radius 2 is 1.73 bits per heavy atom. The highest BCUT2D eigenvalue weighted by Gasteiger charge is 2.09. The van der Waals surface area contributed by atoms with Crippen LogP contribution in [0.1, 0.15) is 35.2 Å². The molecule has 0 aliphatic heterocycles. The van der Waals surface area contributed by atoms with Crippen LogP contribution in [0.5, 0.6) is 0 Å². The lowest BCUT2D eigenvalue weighted by molar-refractivity contribution is -0.118. The van der Waals surface area contributed by atoms with Crippen LogP contribution in [0, 0.1) is 0 Å². The molecule has 1 rings (SSSR count). The molecule has 2 amide bonds. The van der Waals surface area contributed by atoms with Gasteiger partial charge in [0.05, 0.1) is 0 Å². The third kappa shape index (κ3) is 3.09. The fraction of sp³-hybridized carbons (Fsp3) is 0.273. The smallest absolute Gasteiger partial charge is 0.248 e. The highest BCUT2D eigenvalue weighted by molar-refractivity contribution is 5.92. The van der Waals surface area contributed by atoms with Crippen molar-refractivity contribution >= 4 is 11.8 Å². The van der Waals surface area contributed by atoms with Crippen LogP contribution in [0.15, 0.2) is 24.3 Å². The Labute approximate surface area is 88.3 Å². The van der Waals surface area contributed by atoms with Crippen molar-refractivity contribution in [3.05, 3.63) is 35.4 Å². The lowest BCUT2D eigenvalue weighted by Crippen LogP contribution is -2.14. The summed E-state index contributed by atoms with van der Waals surface area (Å²) in [6.45, 7) is 1.91. The number of hydrogen-bond acceptors (Lipinski definition) is 2. The van der Waals surface area contributed by atoms with Crippen molar-refractivity contribution in [2.24, 2.45) is 11.5 Å². The van der Waals surface area contributed by atoms with Crippen LogP contribution in [0.25, 0.3) is 0 Å². The Balaban J connectivity index is 2.79. The van der Waals surface area contributed by atoms with E-state index in [1.165, 1.54) is 0 Å². The van der Waals surface area contributed by atoms with Gasteiger partial charge in [0.25, 0.3) is 0 Å². The first kappa shape index (κ1) is 11.2. The van der Waals surface area contributed by atoms with Gasteiger partial charge in [-0.3, -0.25) is 9.59 Å². The summed E-state index contributed by atoms with van der Waals surface area (Å²) in [7, 11) is 0. The van der Waals surface area contributed by atoms with Gasteiger partial charge in [-0.15, -0.1) is 0 Å². The van der Waals surface area contributed by atoms with E-state index in [9.17, 15) is 9.59 Å². The van der Waals surface area contributed by atoms with Crippen molar-refractivity contribution < 1.29 is 9.59 Å². The van der Waals surface area contributed by atoms with E-state index >= 15 is 0 Å². The van der Waals surface area contributed by atoms with Gasteiger partial charge < -0.3 is 11.5 Å². The van der Waals surface area contributed by atoms with E-state index in [2.05, 4.69) is 0 Å². The van der Waals surface area contributed by atoms with Gasteiger partial charge in [0.2, 0.25) is 11.8 Å². The number of hydrogen-bond donors (Lipinski definition) is 2. The summed E-state index contributed by atoms with van der Waals surface area (Å²) in [5, 5.41) is 0. The zero-order valence-electron chi connectivity index (χ0n) is 8.57. The van der Waals surface area contributed by atoms with Crippen LogP contribution in [-0.2, 0) is 4.79 Å². The molecule has 0 aliphatic carbocycles. The number of carbonyl (C=O) groups is 2. The minimum Gasteiger partial charge on any atom is -0.370 e. The molecule has 0 spiro atoms. The van der Waals surface area contributed by atoms with Gasteiger partial charge in [0.1, 0.15) is 0 Å². The van der Waals surface area contributed by atoms with E-state index < -0.39 is 5.91 Å². The normalized spacial score (nSPS) is 12.1. The van der Waals surface area contributed by atoms with Crippen molar-refractivity contribution in [1.82, 2.24) is 0 Å². The van der Waals surface area contributed by atoms with Gasteiger partial charge in [-0.2, -0.15) is 0 Å². The van der Waals surface area contributed by atoms with E-state index in [1.54, 1.807) is 24.3 Å². The quantitative estimate of drug-likeness (QED) is 0.762. The maximum Gasteiger partial charge on any atom is 0.248 e. The molecule has 0 saturated heterocycles. The van der Waals surface area contributed by atoms with Crippen molar-refractivity contribution in [2.75, 3.05) is 0 Å². The Bertz CT molecular complexity index is 371. The Morgan fingerprint density at radius 3 is 2.13 bits per heavy atom. The summed E-state index contributed by atoms with van der Waals surface area (Å²) in [4.78, 5) is 21.5. The molecule has 80 valence electrons. The molecule has 4 nitrogen and oxygen atoms in total. The molecule has 0 saturated carbocycles. The molecule has 1 unspecified atom stereocenters. The summed E-state index contributed by atoms with van der Waals surface area (Å²) in [6.07, 6.45) is 0.302. The van der Waals surface area contributed by atoms with Crippen molar-refractivity contribution in [3.63, 3.8) is 0 Å². The maximum absolute atomic E-state index is 10.8. The second-order valence-electron chi connectivity index (χ2n) is 3.56. The summed E-state index contributed by atoms with van der Waals surface area (Å²) >= 11 is 0. The predicted molar refractivity (Wildman–Crippen MR) is 57.2 cm³/mol. The number of nitrogens with two attached hydrogens (primary N) is 2. The number of rotatable bonds is 4. The van der Waals surface area contributed by atoms with Crippen LogP contribution >= 0.6 is 0 Å². The zero-order chi connectivity index (χ0) is 11.4. The summed E-state index contributed by atoms with van der Waals surface area (Å²) in [5.41, 5.74) is 11.6. The van der Waals surface area contributed by atoms with Gasteiger partial charge >= 0.3 is 0 Å². The predicted octanol–water partition coefficient (Wildman–Crippen LogP) is 0.764. The van der Waals surface area contributed by atoms with E-state index in [4.69, 9.17) is 11.5 Å². The standard InChI is InChI=1S/C11H14N2O2/c1-7(6-10(12)14)8-2-4-9(5-3-8)11(13)15/h2-5,7H,6H2,1H3,(H2,12,14)(H2,13,15). The van der Waals surface area contributed by atoms with Gasteiger partial charge in [-0.05, 0) is 23.6 Å². The van der Waals surface area contributed by atoms with Crippen molar-refractivity contribution in [3.8, 4) is 0 Å². The van der Waals surface area contributed by atoms with E-state index in [1.807, 2.05) is 6.92 Å². The van der Waals surface area contributed by atoms with Crippen LogP contribution < -0.4 is 11.5 Å². The second kappa shape index (κ2) is 4.59. The van der Waals surface area contributed by atoms with Crippen LogP contribution in [0.3, 0.4) is 0 Å². The lowest BCUT2D eigenvalue weighted by Gasteiger charge is -2.09. The molecule has 0 fully saturated rings. The zero-order valence-corrected chi connectivity index (χ0v) is 8.57. The molecular formula is C11H14N2O2. The topological polar surface area (TPSA) is 86.2 Å². The lowest BCUT2D eigenvalue weighted by atomic mass is 9.96. The molecule has 0 aromatic heterocycles. The van der Waals surface area contributed by atoms with Crippen LogP contribution in [0.4, 0.5) is 0 Å². The van der Waals surface area contributed by atoms with Gasteiger partial charge in [-0.1, -0.05) is 19.1 Å². The molecular weight excluding hydrogens is 192 g/mol. The molecule has 0 aliphatic rings. The first-order chi connectivity index (χ1) is 7.00. The molecule has 0 bridgehead atoms. The molecule has 15 heavy (non-hydrogen) atoms. The molecule has 4 N–H and O–H groups in total. The van der Waals surface area contributed by atoms with Crippen molar-refractivity contribution in [1.29, 1.82) is 0 Å². The van der Waals surface area contributed by atoms with E-state index in [-0.39, 0.29) is 11.8 Å². The molecule has 0 heterocycles. The highest BCUT2D eigenvalue weighted by atomic mass is 16.1. The molecule has 1 aromatic rings. The Kier molecular flexibility index (Phi) is 3.44. The van der Waals surface area contributed by atoms with Gasteiger partial charge in [-0.25, -0.2) is 0 Å². The number of amides is 2. The Hall–Kier alpha value is -1.84. The first-order valence-electron chi connectivity index (χ1n) is 4.68. The number of primary amides is 2. The first-order valence-corrected chi connectivity index (χ1v) is 4.68. The highest BCUT2D eigenvalue weighted by Crippen LogP contribution is 2.18. The second-order valence-corrected chi connectivity index (χ2v) is 3.56. The fourth-order valence-corrected chi connectivity index (χ4v) is 1.40. The summed E-state index contributed by atoms with van der Waals surface area (Å²) in [5.74, 6) is -0.727. The van der Waals surface area contributed by atoms with Gasteiger partial charge in [0, 0.05) is 12.0 Å². The van der Waals surface area contributed by atoms with Crippen molar-refractivity contribution in [2.45, 2.75) is 19.3 Å².